The molecule has 0 atom stereocenters. The maximum absolute atomic E-state index is 11.2. The zero-order valence-corrected chi connectivity index (χ0v) is 7.98. The van der Waals surface area contributed by atoms with Gasteiger partial charge >= 0.3 is 5.97 Å². The molecule has 0 saturated heterocycles. The highest BCUT2D eigenvalue weighted by molar-refractivity contribution is 5.87. The average Bonchev–Trinajstić information content (AvgIpc) is 2.19. The molecule has 1 heterocycles. The fourth-order valence-electron chi connectivity index (χ4n) is 0.835. The van der Waals surface area contributed by atoms with E-state index in [0.717, 1.165) is 0 Å². The molecule has 2 N–H and O–H groups in total. The molecule has 0 fully saturated rings. The highest BCUT2D eigenvalue weighted by Gasteiger charge is 2.12. The van der Waals surface area contributed by atoms with Crippen molar-refractivity contribution in [1.29, 1.82) is 0 Å². The Hall–Kier alpha value is -1.85. The molecule has 0 aliphatic rings. The van der Waals surface area contributed by atoms with E-state index < -0.39 is 5.97 Å². The maximum Gasteiger partial charge on any atom is 0.358 e. The van der Waals surface area contributed by atoms with Crippen molar-refractivity contribution in [3.63, 3.8) is 0 Å². The minimum absolute atomic E-state index is 0.0814. The van der Waals surface area contributed by atoms with Gasteiger partial charge in [-0.05, 0) is 6.92 Å². The van der Waals surface area contributed by atoms with Crippen LogP contribution in [0.3, 0.4) is 0 Å². The first-order chi connectivity index (χ1) is 6.69. The molecule has 1 aromatic heterocycles. The Kier molecular flexibility index (Phi) is 3.22. The zero-order chi connectivity index (χ0) is 10.6. The second-order valence-electron chi connectivity index (χ2n) is 2.37. The SMILES string of the molecule is CCOC(=O)c1cnc(N)c(OC)n1. The minimum atomic E-state index is -0.543. The van der Waals surface area contributed by atoms with Crippen molar-refractivity contribution in [2.75, 3.05) is 19.5 Å². The van der Waals surface area contributed by atoms with Crippen molar-refractivity contribution in [3.05, 3.63) is 11.9 Å². The van der Waals surface area contributed by atoms with E-state index in [1.165, 1.54) is 13.3 Å². The molecule has 0 bridgehead atoms. The van der Waals surface area contributed by atoms with Crippen LogP contribution in [0.15, 0.2) is 6.20 Å². The van der Waals surface area contributed by atoms with E-state index in [1.54, 1.807) is 6.92 Å². The summed E-state index contributed by atoms with van der Waals surface area (Å²) in [6.45, 7) is 1.99. The van der Waals surface area contributed by atoms with E-state index in [9.17, 15) is 4.79 Å². The number of nitrogens with two attached hydrogens (primary N) is 1. The summed E-state index contributed by atoms with van der Waals surface area (Å²) < 4.78 is 9.54. The number of esters is 1. The Morgan fingerprint density at radius 1 is 1.64 bits per heavy atom. The molecule has 6 nitrogen and oxygen atoms in total. The van der Waals surface area contributed by atoms with Crippen molar-refractivity contribution in [2.24, 2.45) is 0 Å². The van der Waals surface area contributed by atoms with Gasteiger partial charge in [-0.15, -0.1) is 0 Å². The molecular formula is C8H11N3O3. The van der Waals surface area contributed by atoms with Gasteiger partial charge in [-0.1, -0.05) is 0 Å². The predicted molar refractivity (Wildman–Crippen MR) is 49.0 cm³/mol. The summed E-state index contributed by atoms with van der Waals surface area (Å²) in [6, 6.07) is 0. The molecule has 0 unspecified atom stereocenters. The van der Waals surface area contributed by atoms with Gasteiger partial charge in [0.25, 0.3) is 5.88 Å². The van der Waals surface area contributed by atoms with Gasteiger partial charge in [0.15, 0.2) is 11.5 Å². The van der Waals surface area contributed by atoms with Crippen LogP contribution in [0.2, 0.25) is 0 Å². The van der Waals surface area contributed by atoms with Gasteiger partial charge in [-0.25, -0.2) is 14.8 Å². The second-order valence-corrected chi connectivity index (χ2v) is 2.37. The highest BCUT2D eigenvalue weighted by Crippen LogP contribution is 2.14. The van der Waals surface area contributed by atoms with Crippen LogP contribution in [0.25, 0.3) is 0 Å². The van der Waals surface area contributed by atoms with Gasteiger partial charge in [0, 0.05) is 0 Å². The van der Waals surface area contributed by atoms with E-state index in [0.29, 0.717) is 0 Å². The molecule has 0 aromatic carbocycles. The Morgan fingerprint density at radius 2 is 2.36 bits per heavy atom. The molecule has 0 spiro atoms. The van der Waals surface area contributed by atoms with Crippen LogP contribution in [-0.4, -0.2) is 29.7 Å². The van der Waals surface area contributed by atoms with E-state index in [1.807, 2.05) is 0 Å². The van der Waals surface area contributed by atoms with Crippen LogP contribution >= 0.6 is 0 Å². The van der Waals surface area contributed by atoms with Gasteiger partial charge in [0.2, 0.25) is 0 Å². The molecule has 1 rings (SSSR count). The fraction of sp³-hybridized carbons (Fsp3) is 0.375. The van der Waals surface area contributed by atoms with Crippen LogP contribution in [0.1, 0.15) is 17.4 Å². The largest absolute Gasteiger partial charge is 0.478 e. The zero-order valence-electron chi connectivity index (χ0n) is 7.98. The first-order valence-corrected chi connectivity index (χ1v) is 4.02. The van der Waals surface area contributed by atoms with Gasteiger partial charge in [-0.2, -0.15) is 0 Å². The number of hydrogen-bond acceptors (Lipinski definition) is 6. The highest BCUT2D eigenvalue weighted by atomic mass is 16.5. The molecule has 76 valence electrons. The molecule has 14 heavy (non-hydrogen) atoms. The summed E-state index contributed by atoms with van der Waals surface area (Å²) in [5.41, 5.74) is 5.50. The first kappa shape index (κ1) is 10.2. The van der Waals surface area contributed by atoms with Crippen molar-refractivity contribution < 1.29 is 14.3 Å². The smallest absolute Gasteiger partial charge is 0.358 e. The first-order valence-electron chi connectivity index (χ1n) is 4.02. The molecule has 1 aromatic rings. The lowest BCUT2D eigenvalue weighted by Crippen LogP contribution is -2.09. The monoisotopic (exact) mass is 197 g/mol. The number of carbonyl (C=O) groups excluding carboxylic acids is 1. The third-order valence-electron chi connectivity index (χ3n) is 1.44. The summed E-state index contributed by atoms with van der Waals surface area (Å²) in [5.74, 6) is -0.283. The van der Waals surface area contributed by atoms with Crippen LogP contribution in [0, 0.1) is 0 Å². The van der Waals surface area contributed by atoms with Crippen molar-refractivity contribution in [1.82, 2.24) is 9.97 Å². The Morgan fingerprint density at radius 3 is 2.93 bits per heavy atom. The number of methoxy groups -OCH3 is 1. The van der Waals surface area contributed by atoms with Gasteiger partial charge in [0.1, 0.15) is 0 Å². The molecule has 0 radical (unpaired) electrons. The van der Waals surface area contributed by atoms with Crippen LogP contribution < -0.4 is 10.5 Å². The van der Waals surface area contributed by atoms with E-state index in [-0.39, 0.29) is 24.0 Å². The van der Waals surface area contributed by atoms with E-state index in [2.05, 4.69) is 9.97 Å². The number of anilines is 1. The molecule has 0 aliphatic heterocycles. The molecular weight excluding hydrogens is 186 g/mol. The normalized spacial score (nSPS) is 9.57. The molecule has 6 heteroatoms. The Balaban J connectivity index is 2.94. The standard InChI is InChI=1S/C8H11N3O3/c1-3-14-8(12)5-4-10-6(9)7(11-5)13-2/h4H,3H2,1-2H3,(H2,9,10). The van der Waals surface area contributed by atoms with Crippen LogP contribution in [0.4, 0.5) is 5.82 Å². The fourth-order valence-corrected chi connectivity index (χ4v) is 0.835. The topological polar surface area (TPSA) is 87.3 Å². The van der Waals surface area contributed by atoms with E-state index >= 15 is 0 Å². The van der Waals surface area contributed by atoms with E-state index in [4.69, 9.17) is 15.2 Å². The minimum Gasteiger partial charge on any atom is -0.478 e. The third-order valence-corrected chi connectivity index (χ3v) is 1.44. The maximum atomic E-state index is 11.2. The third kappa shape index (κ3) is 2.09. The van der Waals surface area contributed by atoms with Crippen molar-refractivity contribution in [2.45, 2.75) is 6.92 Å². The molecule has 0 aliphatic carbocycles. The number of carbonyl (C=O) groups is 1. The number of hydrogen-bond donors (Lipinski definition) is 1. The number of rotatable bonds is 3. The summed E-state index contributed by atoms with van der Waals surface area (Å²) in [5, 5.41) is 0. The lowest BCUT2D eigenvalue weighted by atomic mass is 10.4. The van der Waals surface area contributed by atoms with Crippen molar-refractivity contribution >= 4 is 11.8 Å². The lowest BCUT2D eigenvalue weighted by Gasteiger charge is -2.04. The quantitative estimate of drug-likeness (QED) is 0.698. The Bertz CT molecular complexity index is 341. The number of nitrogens with zero attached hydrogens (tertiary/aromatic N) is 2. The summed E-state index contributed by atoms with van der Waals surface area (Å²) >= 11 is 0. The van der Waals surface area contributed by atoms with Crippen LogP contribution in [0.5, 0.6) is 5.88 Å². The second kappa shape index (κ2) is 4.40. The molecule has 0 saturated carbocycles. The van der Waals surface area contributed by atoms with Crippen LogP contribution in [-0.2, 0) is 4.74 Å². The lowest BCUT2D eigenvalue weighted by molar-refractivity contribution is 0.0518. The predicted octanol–water partition coefficient (Wildman–Crippen LogP) is 0.244. The van der Waals surface area contributed by atoms with Gasteiger partial charge < -0.3 is 15.2 Å². The summed E-state index contributed by atoms with van der Waals surface area (Å²) in [4.78, 5) is 18.8. The summed E-state index contributed by atoms with van der Waals surface area (Å²) in [7, 11) is 1.40. The van der Waals surface area contributed by atoms with Gasteiger partial charge in [-0.3, -0.25) is 0 Å². The average molecular weight is 197 g/mol. The van der Waals surface area contributed by atoms with Crippen molar-refractivity contribution in [3.8, 4) is 5.88 Å². The van der Waals surface area contributed by atoms with Gasteiger partial charge in [0.05, 0.1) is 19.9 Å². The molecule has 0 amide bonds. The Labute approximate surface area is 81.1 Å². The number of ether oxygens (including phenoxy) is 2. The summed E-state index contributed by atoms with van der Waals surface area (Å²) in [6.07, 6.45) is 1.25. The number of nitrogen functional groups attached to an aromatic ring is 1. The number of aromatic nitrogens is 2.